The van der Waals surface area contributed by atoms with Gasteiger partial charge in [-0.1, -0.05) is 36.4 Å². The second-order valence-corrected chi connectivity index (χ2v) is 6.39. The van der Waals surface area contributed by atoms with Crippen LogP contribution in [0.25, 0.3) is 0 Å². The lowest BCUT2D eigenvalue weighted by atomic mass is 9.95. The van der Waals surface area contributed by atoms with Crippen molar-refractivity contribution in [3.8, 4) is 0 Å². The van der Waals surface area contributed by atoms with Gasteiger partial charge in [0.1, 0.15) is 11.9 Å². The molecule has 0 aliphatic carbocycles. The van der Waals surface area contributed by atoms with Crippen molar-refractivity contribution in [3.05, 3.63) is 71.0 Å². The minimum atomic E-state index is -4.11. The second-order valence-electron chi connectivity index (χ2n) is 6.39. The SMILES string of the molecule is O=C1NC(Cc2cccc(CC(F)(F)C(F)F)c2)C(c2ccc(F)cc2)O1. The van der Waals surface area contributed by atoms with Gasteiger partial charge in [0.15, 0.2) is 0 Å². The number of carbonyl (C=O) groups excluding carboxylic acids is 1. The van der Waals surface area contributed by atoms with E-state index in [9.17, 15) is 26.7 Å². The van der Waals surface area contributed by atoms with Crippen LogP contribution in [0.3, 0.4) is 0 Å². The van der Waals surface area contributed by atoms with E-state index in [4.69, 9.17) is 4.74 Å². The van der Waals surface area contributed by atoms with Gasteiger partial charge in [-0.15, -0.1) is 0 Å². The van der Waals surface area contributed by atoms with Crippen LogP contribution in [0.1, 0.15) is 22.8 Å². The average molecular weight is 385 g/mol. The van der Waals surface area contributed by atoms with Crippen LogP contribution in [0.15, 0.2) is 48.5 Å². The van der Waals surface area contributed by atoms with Crippen molar-refractivity contribution in [3.63, 3.8) is 0 Å². The Kier molecular flexibility index (Phi) is 5.34. The van der Waals surface area contributed by atoms with Crippen LogP contribution in [0, 0.1) is 5.82 Å². The first-order valence-corrected chi connectivity index (χ1v) is 8.21. The molecule has 3 nitrogen and oxygen atoms in total. The Labute approximate surface area is 152 Å². The number of carbonyl (C=O) groups is 1. The molecule has 8 heteroatoms. The minimum absolute atomic E-state index is 0.0707. The molecule has 1 N–H and O–H groups in total. The summed E-state index contributed by atoms with van der Waals surface area (Å²) in [5, 5.41) is 2.63. The number of amides is 1. The first-order valence-electron chi connectivity index (χ1n) is 8.21. The van der Waals surface area contributed by atoms with Crippen LogP contribution >= 0.6 is 0 Å². The van der Waals surface area contributed by atoms with E-state index in [0.717, 1.165) is 0 Å². The summed E-state index contributed by atoms with van der Waals surface area (Å²) >= 11 is 0. The van der Waals surface area contributed by atoms with Crippen LogP contribution < -0.4 is 5.32 Å². The summed E-state index contributed by atoms with van der Waals surface area (Å²) in [5.41, 5.74) is 1.24. The number of ether oxygens (including phenoxy) is 1. The Morgan fingerprint density at radius 3 is 2.41 bits per heavy atom. The Morgan fingerprint density at radius 1 is 1.07 bits per heavy atom. The summed E-state index contributed by atoms with van der Waals surface area (Å²) in [6, 6.07) is 10.9. The number of halogens is 5. The van der Waals surface area contributed by atoms with Gasteiger partial charge >= 0.3 is 18.4 Å². The van der Waals surface area contributed by atoms with Crippen molar-refractivity contribution < 1.29 is 31.5 Å². The lowest BCUT2D eigenvalue weighted by molar-refractivity contribution is -0.127. The number of cyclic esters (lactones) is 1. The topological polar surface area (TPSA) is 38.3 Å². The molecule has 2 unspecified atom stereocenters. The van der Waals surface area contributed by atoms with E-state index < -0.39 is 42.8 Å². The summed E-state index contributed by atoms with van der Waals surface area (Å²) in [5.74, 6) is -4.54. The van der Waals surface area contributed by atoms with Crippen molar-refractivity contribution in [2.75, 3.05) is 0 Å². The molecule has 1 fully saturated rings. The average Bonchev–Trinajstić information content (AvgIpc) is 2.95. The number of benzene rings is 2. The van der Waals surface area contributed by atoms with Crippen LogP contribution in [-0.4, -0.2) is 24.5 Å². The highest BCUT2D eigenvalue weighted by molar-refractivity contribution is 5.70. The number of hydrogen-bond donors (Lipinski definition) is 1. The molecule has 27 heavy (non-hydrogen) atoms. The zero-order valence-corrected chi connectivity index (χ0v) is 14.0. The molecule has 0 aromatic heterocycles. The molecule has 1 aliphatic rings. The van der Waals surface area contributed by atoms with Crippen molar-refractivity contribution in [1.82, 2.24) is 5.32 Å². The summed E-state index contributed by atoms with van der Waals surface area (Å²) in [6.45, 7) is 0. The van der Waals surface area contributed by atoms with Gasteiger partial charge in [-0.25, -0.2) is 18.0 Å². The Bertz CT molecular complexity index is 810. The molecule has 0 spiro atoms. The molecular formula is C19H16F5NO2. The minimum Gasteiger partial charge on any atom is -0.439 e. The Morgan fingerprint density at radius 2 is 1.74 bits per heavy atom. The number of alkyl carbamates (subject to hydrolysis) is 1. The van der Waals surface area contributed by atoms with Gasteiger partial charge in [-0.3, -0.25) is 0 Å². The molecule has 1 saturated heterocycles. The smallest absolute Gasteiger partial charge is 0.408 e. The molecular weight excluding hydrogens is 369 g/mol. The van der Waals surface area contributed by atoms with Gasteiger partial charge in [0.25, 0.3) is 0 Å². The van der Waals surface area contributed by atoms with Crippen LogP contribution in [-0.2, 0) is 17.6 Å². The molecule has 2 atom stereocenters. The standard InChI is InChI=1S/C19H16F5NO2/c20-14-6-4-13(5-7-14)16-15(25-18(26)27-16)9-11-2-1-3-12(8-11)10-19(23,24)17(21)22/h1-8,15-17H,9-10H2,(H,25,26). The molecule has 0 saturated carbocycles. The summed E-state index contributed by atoms with van der Waals surface area (Å²) < 4.78 is 69.7. The fourth-order valence-corrected chi connectivity index (χ4v) is 3.04. The highest BCUT2D eigenvalue weighted by Gasteiger charge is 2.40. The third kappa shape index (κ3) is 4.56. The van der Waals surface area contributed by atoms with E-state index in [1.807, 2.05) is 0 Å². The highest BCUT2D eigenvalue weighted by atomic mass is 19.3. The van der Waals surface area contributed by atoms with Crippen molar-refractivity contribution >= 4 is 6.09 Å². The van der Waals surface area contributed by atoms with E-state index in [2.05, 4.69) is 5.32 Å². The molecule has 1 heterocycles. The van der Waals surface area contributed by atoms with Gasteiger partial charge in [-0.2, -0.15) is 8.78 Å². The zero-order chi connectivity index (χ0) is 19.6. The van der Waals surface area contributed by atoms with E-state index in [1.54, 1.807) is 6.07 Å². The number of hydrogen-bond acceptors (Lipinski definition) is 2. The maximum atomic E-state index is 13.3. The molecule has 2 aromatic rings. The van der Waals surface area contributed by atoms with Gasteiger partial charge < -0.3 is 10.1 Å². The number of alkyl halides is 4. The van der Waals surface area contributed by atoms with Gasteiger partial charge in [0.05, 0.1) is 6.04 Å². The molecule has 3 rings (SSSR count). The normalized spacial score (nSPS) is 19.9. The van der Waals surface area contributed by atoms with Crippen LogP contribution in [0.4, 0.5) is 26.7 Å². The first-order chi connectivity index (χ1) is 12.7. The fraction of sp³-hybridized carbons (Fsp3) is 0.316. The fourth-order valence-electron chi connectivity index (χ4n) is 3.04. The predicted molar refractivity (Wildman–Crippen MR) is 87.3 cm³/mol. The number of nitrogens with one attached hydrogen (secondary N) is 1. The maximum Gasteiger partial charge on any atom is 0.408 e. The molecule has 2 aromatic carbocycles. The summed E-state index contributed by atoms with van der Waals surface area (Å²) in [6.07, 6.45) is -5.90. The van der Waals surface area contributed by atoms with Crippen LogP contribution in [0.2, 0.25) is 0 Å². The highest BCUT2D eigenvalue weighted by Crippen LogP contribution is 2.30. The largest absolute Gasteiger partial charge is 0.439 e. The van der Waals surface area contributed by atoms with E-state index in [-0.39, 0.29) is 12.0 Å². The number of rotatable bonds is 6. The Balaban J connectivity index is 1.76. The molecule has 1 aliphatic heterocycles. The second kappa shape index (κ2) is 7.54. The van der Waals surface area contributed by atoms with Crippen molar-refractivity contribution in [2.24, 2.45) is 0 Å². The third-order valence-electron chi connectivity index (χ3n) is 4.31. The van der Waals surface area contributed by atoms with Crippen molar-refractivity contribution in [2.45, 2.75) is 37.3 Å². The third-order valence-corrected chi connectivity index (χ3v) is 4.31. The Hall–Kier alpha value is -2.64. The predicted octanol–water partition coefficient (Wildman–Crippen LogP) is 4.66. The lowest BCUT2D eigenvalue weighted by Crippen LogP contribution is -2.30. The monoisotopic (exact) mass is 385 g/mol. The first kappa shape index (κ1) is 19.1. The molecule has 1 amide bonds. The van der Waals surface area contributed by atoms with Gasteiger partial charge in [-0.05, 0) is 35.2 Å². The molecule has 0 radical (unpaired) electrons. The quantitative estimate of drug-likeness (QED) is 0.735. The van der Waals surface area contributed by atoms with E-state index in [1.165, 1.54) is 42.5 Å². The maximum absolute atomic E-state index is 13.3. The van der Waals surface area contributed by atoms with Crippen LogP contribution in [0.5, 0.6) is 0 Å². The van der Waals surface area contributed by atoms with E-state index in [0.29, 0.717) is 11.1 Å². The van der Waals surface area contributed by atoms with Crippen molar-refractivity contribution in [1.29, 1.82) is 0 Å². The molecule has 144 valence electrons. The zero-order valence-electron chi connectivity index (χ0n) is 14.0. The molecule has 0 bridgehead atoms. The van der Waals surface area contributed by atoms with E-state index >= 15 is 0 Å². The summed E-state index contributed by atoms with van der Waals surface area (Å²) in [4.78, 5) is 11.6. The van der Waals surface area contributed by atoms with Gasteiger partial charge in [0.2, 0.25) is 0 Å². The van der Waals surface area contributed by atoms with Gasteiger partial charge in [0, 0.05) is 6.42 Å². The lowest BCUT2D eigenvalue weighted by Gasteiger charge is -2.19. The summed E-state index contributed by atoms with van der Waals surface area (Å²) in [7, 11) is 0.